The van der Waals surface area contributed by atoms with Gasteiger partial charge in [0, 0.05) is 29.5 Å². The van der Waals surface area contributed by atoms with Crippen LogP contribution < -0.4 is 19.9 Å². The minimum atomic E-state index is -0.798. The van der Waals surface area contributed by atoms with Crippen molar-refractivity contribution in [2.45, 2.75) is 144 Å². The summed E-state index contributed by atoms with van der Waals surface area (Å²) in [4.78, 5) is 57.3. The number of aldehydes is 1. The molecule has 60 heavy (non-hydrogen) atoms. The minimum absolute atomic E-state index is 0. The van der Waals surface area contributed by atoms with Crippen LogP contribution in [0.2, 0.25) is 0 Å². The maximum Gasteiger partial charge on any atom is 2.00 e. The van der Waals surface area contributed by atoms with Gasteiger partial charge in [-0.3, -0.25) is 14.4 Å². The first kappa shape index (κ1) is 46.7. The molecule has 3 aromatic heterocycles. The van der Waals surface area contributed by atoms with Gasteiger partial charge < -0.3 is 19.8 Å². The van der Waals surface area contributed by atoms with Crippen LogP contribution in [0.1, 0.15) is 180 Å². The van der Waals surface area contributed by atoms with Crippen molar-refractivity contribution in [1.82, 2.24) is 9.97 Å². The van der Waals surface area contributed by atoms with Gasteiger partial charge in [-0.25, -0.2) is 9.97 Å². The summed E-state index contributed by atoms with van der Waals surface area (Å²) in [5.41, 5.74) is 15.3. The van der Waals surface area contributed by atoms with Gasteiger partial charge in [0.1, 0.15) is 6.61 Å². The number of H-pyrrole nitrogens is 2. The largest absolute Gasteiger partial charge is 2.00 e. The molecular weight excluding hydrogens is 761 g/mol. The smallest absolute Gasteiger partial charge is 0.657 e. The number of ether oxygens (including phenoxy) is 1. The van der Waals surface area contributed by atoms with Gasteiger partial charge in [-0.1, -0.05) is 67.2 Å². The zero-order valence-corrected chi connectivity index (χ0v) is 38.6. The molecule has 8 bridgehead atoms. The maximum atomic E-state index is 13.9. The fraction of sp³-hybridized carbons (Fsp3) is 0.460. The van der Waals surface area contributed by atoms with Crippen LogP contribution in [-0.4, -0.2) is 52.8 Å². The number of hydrogen-bond donors (Lipinski definition) is 1. The number of nitrogens with one attached hydrogen (secondary N) is 2. The quantitative estimate of drug-likeness (QED) is 0.0658. The van der Waals surface area contributed by atoms with Crippen LogP contribution in [-0.2, 0) is 27.2 Å². The number of aromatic nitrogens is 4. The number of ketones is 1. The molecule has 3 N–H and O–H groups in total. The molecule has 3 atom stereocenters. The van der Waals surface area contributed by atoms with Gasteiger partial charge in [0.15, 0.2) is 23.5 Å². The number of aromatic amines is 2. The molecule has 10 heteroatoms. The van der Waals surface area contributed by atoms with Gasteiger partial charge in [-0.2, -0.15) is 0 Å². The Morgan fingerprint density at radius 1 is 0.950 bits per heavy atom. The first-order valence-corrected chi connectivity index (χ1v) is 21.6. The molecule has 0 aromatic carbocycles. The number of aryl methyl sites for hydroxylation is 2. The normalized spacial score (nSPS) is 16.9. The van der Waals surface area contributed by atoms with Crippen LogP contribution in [0.3, 0.4) is 0 Å². The number of fused-ring (bicyclic) bond motifs is 8. The average molecular weight is 823 g/mol. The van der Waals surface area contributed by atoms with Crippen molar-refractivity contribution in [1.29, 1.82) is 0 Å². The van der Waals surface area contributed by atoms with E-state index in [2.05, 4.69) is 63.7 Å². The Hall–Kier alpha value is -4.38. The van der Waals surface area contributed by atoms with Gasteiger partial charge in [-0.05, 0) is 116 Å². The molecular formula is C50H62MgN4O5+2. The first-order chi connectivity index (χ1) is 28.3. The molecule has 3 aliphatic rings. The maximum absolute atomic E-state index is 13.9. The number of aliphatic hydroxyl groups excluding tert-OH is 1. The summed E-state index contributed by atoms with van der Waals surface area (Å²) in [6, 6.07) is 5.86. The summed E-state index contributed by atoms with van der Waals surface area (Å²) in [6.45, 7) is 18.7. The van der Waals surface area contributed by atoms with E-state index >= 15 is 0 Å². The summed E-state index contributed by atoms with van der Waals surface area (Å²) >= 11 is 0. The van der Waals surface area contributed by atoms with Gasteiger partial charge in [0.25, 0.3) is 0 Å². The molecule has 6 rings (SSSR count). The summed E-state index contributed by atoms with van der Waals surface area (Å²) in [7, 11) is 0. The second-order valence-corrected chi connectivity index (χ2v) is 16.9. The van der Waals surface area contributed by atoms with E-state index in [-0.39, 0.29) is 66.1 Å². The predicted octanol–water partition coefficient (Wildman–Crippen LogP) is 9.23. The van der Waals surface area contributed by atoms with Crippen molar-refractivity contribution in [2.75, 3.05) is 6.61 Å². The van der Waals surface area contributed by atoms with Crippen molar-refractivity contribution >= 4 is 74.3 Å². The number of esters is 1. The fourth-order valence-electron chi connectivity index (χ4n) is 9.01. The Balaban J connectivity index is 0.00000683. The number of rotatable bonds is 16. The third-order valence-corrected chi connectivity index (χ3v) is 12.3. The third-order valence-electron chi connectivity index (χ3n) is 12.3. The van der Waals surface area contributed by atoms with E-state index in [9.17, 15) is 19.5 Å². The van der Waals surface area contributed by atoms with E-state index in [1.807, 2.05) is 38.1 Å². The van der Waals surface area contributed by atoms with Crippen LogP contribution in [0.25, 0.3) is 33.2 Å². The van der Waals surface area contributed by atoms with Crippen LogP contribution >= 0.6 is 0 Å². The van der Waals surface area contributed by atoms with E-state index in [0.29, 0.717) is 63.7 Å². The number of hydrogen-bond acceptors (Lipinski definition) is 5. The molecule has 3 aromatic rings. The number of carbonyl (C=O) groups is 3. The molecule has 0 saturated heterocycles. The Morgan fingerprint density at radius 3 is 2.32 bits per heavy atom. The summed E-state index contributed by atoms with van der Waals surface area (Å²) in [6.07, 6.45) is 13.8. The average Bonchev–Trinajstić information content (AvgIpc) is 3.95. The van der Waals surface area contributed by atoms with E-state index in [1.165, 1.54) is 16.7 Å². The zero-order valence-electron chi connectivity index (χ0n) is 37.2. The third kappa shape index (κ3) is 10.0. The second-order valence-electron chi connectivity index (χ2n) is 16.9. The molecule has 2 aliphatic heterocycles. The Morgan fingerprint density at radius 2 is 1.65 bits per heavy atom. The number of allylic oxidation sites excluding steroid dienone is 7. The van der Waals surface area contributed by atoms with Crippen molar-refractivity contribution in [3.8, 4) is 0 Å². The fourth-order valence-corrected chi connectivity index (χ4v) is 9.01. The molecule has 5 heterocycles. The molecule has 1 aliphatic carbocycles. The molecule has 0 saturated carbocycles. The van der Waals surface area contributed by atoms with Crippen molar-refractivity contribution < 1.29 is 34.2 Å². The SMILES string of the molecule is CCCC1=C(C=O)c2cc3[n-]c(cc4[nH+]c(c5c6[n-]c(cc1[nH+]2)c(CC)c6C(=O)C5)[C@@H](CCC(=O)OC/C=C(\C)CC/C=C(\C)CCC=C(C)C)[C@@H]4C)c(C)c3[C@H](C)O.[Mg+2]. The van der Waals surface area contributed by atoms with Crippen LogP contribution in [0.5, 0.6) is 0 Å². The van der Waals surface area contributed by atoms with Gasteiger partial charge in [0.2, 0.25) is 11.4 Å². The molecule has 0 amide bonds. The standard InChI is InChI=1S/C50H61N4O5.Mg/c1-10-14-36-38(27-55)43-26-44-47(33(9)56)32(8)40(51-44)24-39-31(7)35(19-20-46(58)59-22-21-30(6)18-13-17-29(5)16-12-15-28(3)4)49(53-39)37-23-45(57)48-34(11-2)41(54-50(37)48)25-42(36)52-43;/h15,17,21,24-27,31,33,35,56H,10-14,16,18-20,22-23H2,1-9H3,(H-,51,52,53,54,55,57);/q-1;+2/p+1/b29-17+,30-21+;/t31-,33-,35-;/m0./s1. The molecule has 9 nitrogen and oxygen atoms in total. The predicted molar refractivity (Wildman–Crippen MR) is 240 cm³/mol. The van der Waals surface area contributed by atoms with Gasteiger partial charge in [0.05, 0.1) is 23.5 Å². The van der Waals surface area contributed by atoms with E-state index in [1.54, 1.807) is 6.92 Å². The molecule has 312 valence electrons. The Bertz CT molecular complexity index is 2440. The monoisotopic (exact) mass is 822 g/mol. The van der Waals surface area contributed by atoms with Crippen LogP contribution in [0.4, 0.5) is 0 Å². The molecule has 0 fully saturated rings. The number of carbonyl (C=O) groups excluding carboxylic acids is 3. The summed E-state index contributed by atoms with van der Waals surface area (Å²) in [5, 5.41) is 11.0. The van der Waals surface area contributed by atoms with Crippen molar-refractivity contribution in [3.05, 3.63) is 104 Å². The summed E-state index contributed by atoms with van der Waals surface area (Å²) < 4.78 is 5.73. The Labute approximate surface area is 371 Å². The minimum Gasteiger partial charge on any atom is -0.657 e. The van der Waals surface area contributed by atoms with Crippen LogP contribution in [0.15, 0.2) is 53.1 Å². The zero-order chi connectivity index (χ0) is 42.5. The molecule has 0 spiro atoms. The van der Waals surface area contributed by atoms with E-state index < -0.39 is 6.10 Å². The number of Topliss-reactive ketones (excluding diaryl/α,β-unsaturated/α-hetero) is 1. The summed E-state index contributed by atoms with van der Waals surface area (Å²) in [5.74, 6) is -0.369. The van der Waals surface area contributed by atoms with Crippen LogP contribution in [0, 0.1) is 6.92 Å². The number of aliphatic hydroxyl groups is 1. The number of nitrogens with zero attached hydrogens (tertiary/aromatic N) is 2. The molecule has 0 radical (unpaired) electrons. The van der Waals surface area contributed by atoms with Crippen molar-refractivity contribution in [2.24, 2.45) is 0 Å². The van der Waals surface area contributed by atoms with Gasteiger partial charge >= 0.3 is 29.0 Å². The van der Waals surface area contributed by atoms with E-state index in [4.69, 9.17) is 14.7 Å². The topological polar surface area (TPSA) is 137 Å². The molecule has 0 unspecified atom stereocenters. The van der Waals surface area contributed by atoms with Gasteiger partial charge in [-0.15, -0.1) is 22.1 Å². The van der Waals surface area contributed by atoms with Crippen molar-refractivity contribution in [3.63, 3.8) is 0 Å². The Kier molecular flexibility index (Phi) is 15.9. The van der Waals surface area contributed by atoms with E-state index in [0.717, 1.165) is 77.7 Å². The second kappa shape index (κ2) is 20.5. The first-order valence-electron chi connectivity index (χ1n) is 21.6.